The van der Waals surface area contributed by atoms with E-state index in [1.165, 1.54) is 0 Å². The van der Waals surface area contributed by atoms with Gasteiger partial charge in [-0.05, 0) is 5.12 Å². The lowest BCUT2D eigenvalue weighted by molar-refractivity contribution is -0.324. The van der Waals surface area contributed by atoms with E-state index in [-0.39, 0.29) is 0 Å². The van der Waals surface area contributed by atoms with Gasteiger partial charge < -0.3 is 4.74 Å². The van der Waals surface area contributed by atoms with E-state index in [1.54, 1.807) is 0 Å². The fourth-order valence-corrected chi connectivity index (χ4v) is 1.23. The number of rotatable bonds is 2. The maximum absolute atomic E-state index is 13.4. The van der Waals surface area contributed by atoms with Gasteiger partial charge in [0.2, 0.25) is 0 Å². The molecule has 0 amide bonds. The third-order valence-corrected chi connectivity index (χ3v) is 2.31. The molecule has 14 heteroatoms. The highest BCUT2D eigenvalue weighted by Gasteiger charge is 2.95. The average molecular weight is 339 g/mol. The molecular weight excluding hydrogens is 339 g/mol. The Labute approximate surface area is 106 Å². The summed E-state index contributed by atoms with van der Waals surface area (Å²) < 4.78 is 140. The second kappa shape index (κ2) is 4.45. The van der Waals surface area contributed by atoms with E-state index in [9.17, 15) is 53.2 Å². The highest BCUT2D eigenvalue weighted by molar-refractivity contribution is 5.82. The van der Waals surface area contributed by atoms with Gasteiger partial charge in [-0.1, -0.05) is 0 Å². The van der Waals surface area contributed by atoms with Crippen molar-refractivity contribution in [2.75, 3.05) is 0 Å². The molecule has 1 saturated heterocycles. The largest absolute Gasteiger partial charge is 0.402 e. The molecule has 0 N–H and O–H groups in total. The topological polar surface area (TPSA) is 29.5 Å². The van der Waals surface area contributed by atoms with Crippen LogP contribution in [0.2, 0.25) is 0 Å². The summed E-state index contributed by atoms with van der Waals surface area (Å²) in [6.07, 6.45) is -3.54. The van der Waals surface area contributed by atoms with Gasteiger partial charge in [0.25, 0.3) is 0 Å². The summed E-state index contributed by atoms with van der Waals surface area (Å²) in [7, 11) is 0. The molecule has 21 heavy (non-hydrogen) atoms. The molecule has 3 nitrogen and oxygen atoms in total. The third kappa shape index (κ3) is 1.87. The highest BCUT2D eigenvalue weighted by atomic mass is 19.4. The minimum absolute atomic E-state index is 2.51. The van der Waals surface area contributed by atoms with Crippen LogP contribution in [0.1, 0.15) is 0 Å². The average Bonchev–Trinajstić information content (AvgIpc) is 2.40. The Hall–Kier alpha value is -1.60. The maximum atomic E-state index is 13.4. The second-order valence-corrected chi connectivity index (χ2v) is 3.52. The van der Waals surface area contributed by atoms with Crippen LogP contribution in [0.3, 0.4) is 0 Å². The van der Waals surface area contributed by atoms with Crippen LogP contribution in [0.4, 0.5) is 48.4 Å². The van der Waals surface area contributed by atoms with Crippen LogP contribution < -0.4 is 0 Å². The van der Waals surface area contributed by atoms with Gasteiger partial charge in [-0.25, -0.2) is 9.18 Å². The van der Waals surface area contributed by atoms with Crippen LogP contribution in [0.15, 0.2) is 12.1 Å². The van der Waals surface area contributed by atoms with E-state index in [1.807, 2.05) is 0 Å². The van der Waals surface area contributed by atoms with Crippen LogP contribution in [-0.2, 0) is 9.53 Å². The number of nitrogens with zero attached hydrogens (tertiary/aromatic N) is 1. The van der Waals surface area contributed by atoms with E-state index in [4.69, 9.17) is 0 Å². The fraction of sp³-hybridized carbons (Fsp3) is 0.571. The summed E-state index contributed by atoms with van der Waals surface area (Å²) in [5.74, 6) is -23.5. The normalized spacial score (nSPS) is 30.0. The third-order valence-electron chi connectivity index (χ3n) is 2.31. The molecule has 1 aliphatic rings. The lowest BCUT2D eigenvalue weighted by atomic mass is 10.1. The van der Waals surface area contributed by atoms with Gasteiger partial charge in [-0.3, -0.25) is 0 Å². The standard InChI is InChI=1S/C7F11NO2/c8-1(9)2(10)21-3(20)4(11)5(12,13)6(14,15)7(16,17)19(4)18/t4-/m1/s1. The monoisotopic (exact) mass is 339 g/mol. The van der Waals surface area contributed by atoms with Crippen LogP contribution in [-0.4, -0.2) is 34.8 Å². The van der Waals surface area contributed by atoms with Crippen molar-refractivity contribution in [2.24, 2.45) is 0 Å². The molecule has 1 aliphatic heterocycles. The predicted molar refractivity (Wildman–Crippen MR) is 38.1 cm³/mol. The van der Waals surface area contributed by atoms with E-state index >= 15 is 0 Å². The van der Waals surface area contributed by atoms with Crippen molar-refractivity contribution in [2.45, 2.75) is 23.7 Å². The van der Waals surface area contributed by atoms with Gasteiger partial charge >= 0.3 is 41.7 Å². The number of carbonyl (C=O) groups is 1. The minimum atomic E-state index is -6.77. The lowest BCUT2D eigenvalue weighted by Crippen LogP contribution is -2.58. The molecule has 0 aliphatic carbocycles. The zero-order valence-electron chi connectivity index (χ0n) is 8.92. The summed E-state index contributed by atoms with van der Waals surface area (Å²) in [5.41, 5.74) is 0. The number of hydrogen-bond acceptors (Lipinski definition) is 3. The van der Waals surface area contributed by atoms with Crippen molar-refractivity contribution >= 4 is 5.97 Å². The zero-order chi connectivity index (χ0) is 17.0. The van der Waals surface area contributed by atoms with Gasteiger partial charge in [0.1, 0.15) is 0 Å². The van der Waals surface area contributed by atoms with Crippen LogP contribution in [0.25, 0.3) is 0 Å². The van der Waals surface area contributed by atoms with Gasteiger partial charge in [0, 0.05) is 0 Å². The second-order valence-electron chi connectivity index (χ2n) is 3.52. The SMILES string of the molecule is O=C(OC(F)=C(F)F)[C@@]1(F)N(F)C(F)(F)C(F)(F)C1(F)F. The molecule has 0 aromatic heterocycles. The van der Waals surface area contributed by atoms with Gasteiger partial charge in [0.15, 0.2) is 0 Å². The molecule has 0 aromatic carbocycles. The molecule has 0 saturated carbocycles. The van der Waals surface area contributed by atoms with Crippen LogP contribution >= 0.6 is 0 Å². The molecule has 0 bridgehead atoms. The molecule has 122 valence electrons. The Bertz CT molecular complexity index is 499. The van der Waals surface area contributed by atoms with Crippen molar-refractivity contribution in [1.82, 2.24) is 5.12 Å². The quantitative estimate of drug-likeness (QED) is 0.254. The first-order valence-electron chi connectivity index (χ1n) is 4.37. The zero-order valence-corrected chi connectivity index (χ0v) is 8.92. The van der Waals surface area contributed by atoms with E-state index < -0.39 is 46.9 Å². The Balaban J connectivity index is 3.39. The number of halogens is 11. The summed E-state index contributed by atoms with van der Waals surface area (Å²) >= 11 is 0. The number of ether oxygens (including phenoxy) is 1. The molecule has 1 heterocycles. The molecular formula is C7F11NO2. The van der Waals surface area contributed by atoms with E-state index in [2.05, 4.69) is 4.74 Å². The van der Waals surface area contributed by atoms with Gasteiger partial charge in [0.05, 0.1) is 0 Å². The Morgan fingerprint density at radius 2 is 1.29 bits per heavy atom. The summed E-state index contributed by atoms with van der Waals surface area (Å²) in [6, 6.07) is -9.90. The molecule has 0 radical (unpaired) electrons. The van der Waals surface area contributed by atoms with Crippen LogP contribution in [0, 0.1) is 0 Å². The van der Waals surface area contributed by atoms with Crippen molar-refractivity contribution < 1.29 is 57.9 Å². The number of carbonyl (C=O) groups excluding carboxylic acids is 1. The summed E-state index contributed by atoms with van der Waals surface area (Å²) in [5, 5.41) is -3.22. The first-order valence-corrected chi connectivity index (χ1v) is 4.37. The molecule has 1 atom stereocenters. The molecule has 0 spiro atoms. The van der Waals surface area contributed by atoms with E-state index in [0.717, 1.165) is 0 Å². The Morgan fingerprint density at radius 1 is 0.857 bits per heavy atom. The first kappa shape index (κ1) is 17.5. The molecule has 1 rings (SSSR count). The number of hydrogen-bond donors (Lipinski definition) is 0. The first-order chi connectivity index (χ1) is 9.15. The lowest BCUT2D eigenvalue weighted by Gasteiger charge is -2.25. The smallest absolute Gasteiger partial charge is 0.391 e. The fourth-order valence-electron chi connectivity index (χ4n) is 1.23. The van der Waals surface area contributed by atoms with Crippen LogP contribution in [0.5, 0.6) is 0 Å². The molecule has 0 aromatic rings. The van der Waals surface area contributed by atoms with Crippen molar-refractivity contribution in [3.63, 3.8) is 0 Å². The predicted octanol–water partition coefficient (Wildman–Crippen LogP) is 3.29. The highest BCUT2D eigenvalue weighted by Crippen LogP contribution is 2.62. The summed E-state index contributed by atoms with van der Waals surface area (Å²) in [4.78, 5) is 10.7. The number of esters is 1. The minimum Gasteiger partial charge on any atom is -0.391 e. The summed E-state index contributed by atoms with van der Waals surface area (Å²) in [6.45, 7) is 0. The Kier molecular flexibility index (Phi) is 3.69. The van der Waals surface area contributed by atoms with Crippen molar-refractivity contribution in [3.05, 3.63) is 12.1 Å². The number of alkyl halides is 7. The molecule has 0 unspecified atom stereocenters. The Morgan fingerprint density at radius 3 is 1.57 bits per heavy atom. The van der Waals surface area contributed by atoms with Crippen molar-refractivity contribution in [3.8, 4) is 0 Å². The van der Waals surface area contributed by atoms with Gasteiger partial charge in [-0.15, -0.1) is 4.48 Å². The van der Waals surface area contributed by atoms with Gasteiger partial charge in [-0.2, -0.15) is 39.5 Å². The van der Waals surface area contributed by atoms with E-state index in [0.29, 0.717) is 0 Å². The molecule has 1 fully saturated rings. The maximum Gasteiger partial charge on any atom is 0.402 e. The van der Waals surface area contributed by atoms with Crippen molar-refractivity contribution in [1.29, 1.82) is 0 Å².